The average molecular weight is 538 g/mol. The number of carbonyl (C=O) groups is 2. The van der Waals surface area contributed by atoms with E-state index < -0.39 is 28.5 Å². The standard InChI is InChI=1S/C29H35N3O5S/c1-5-23-15-17-25(18-16-23)32(38(35,36)27-13-8-7-9-14-27)21-28(33)31(22(3)29(34)30-6-2)20-24-11-10-12-26(19-24)37-4/h7-19,22H,5-6,20-21H2,1-4H3,(H,30,34). The van der Waals surface area contributed by atoms with Crippen LogP contribution in [0, 0.1) is 0 Å². The number of methoxy groups -OCH3 is 1. The minimum absolute atomic E-state index is 0.0727. The molecular weight excluding hydrogens is 502 g/mol. The fourth-order valence-corrected chi connectivity index (χ4v) is 5.45. The molecule has 1 N–H and O–H groups in total. The Kier molecular flexibility index (Phi) is 9.90. The number of sulfonamides is 1. The lowest BCUT2D eigenvalue weighted by Gasteiger charge is -2.32. The first-order valence-corrected chi connectivity index (χ1v) is 14.0. The van der Waals surface area contributed by atoms with Crippen LogP contribution in [0.5, 0.6) is 5.75 Å². The summed E-state index contributed by atoms with van der Waals surface area (Å²) in [6.07, 6.45) is 0.795. The van der Waals surface area contributed by atoms with Crippen molar-refractivity contribution < 1.29 is 22.7 Å². The van der Waals surface area contributed by atoms with Crippen LogP contribution in [0.15, 0.2) is 83.8 Å². The molecule has 1 atom stereocenters. The maximum atomic E-state index is 13.8. The molecule has 38 heavy (non-hydrogen) atoms. The van der Waals surface area contributed by atoms with Gasteiger partial charge in [-0.05, 0) is 67.8 Å². The van der Waals surface area contributed by atoms with E-state index in [9.17, 15) is 18.0 Å². The first kappa shape index (κ1) is 28.7. The highest BCUT2D eigenvalue weighted by Crippen LogP contribution is 2.25. The van der Waals surface area contributed by atoms with E-state index in [1.807, 2.05) is 25.1 Å². The summed E-state index contributed by atoms with van der Waals surface area (Å²) in [7, 11) is -2.53. The van der Waals surface area contributed by atoms with Gasteiger partial charge in [0.25, 0.3) is 10.0 Å². The Morgan fingerprint density at radius 3 is 2.21 bits per heavy atom. The third-order valence-electron chi connectivity index (χ3n) is 6.25. The molecule has 0 saturated carbocycles. The van der Waals surface area contributed by atoms with Crippen molar-refractivity contribution in [3.63, 3.8) is 0 Å². The van der Waals surface area contributed by atoms with E-state index >= 15 is 0 Å². The number of rotatable bonds is 12. The van der Waals surface area contributed by atoms with Crippen molar-refractivity contribution in [2.24, 2.45) is 0 Å². The number of benzene rings is 3. The zero-order chi connectivity index (χ0) is 27.7. The number of nitrogens with one attached hydrogen (secondary N) is 1. The number of likely N-dealkylation sites (N-methyl/N-ethyl adjacent to an activating group) is 1. The molecule has 0 radical (unpaired) electrons. The molecule has 0 saturated heterocycles. The second-order valence-corrected chi connectivity index (χ2v) is 10.7. The third-order valence-corrected chi connectivity index (χ3v) is 8.04. The lowest BCUT2D eigenvalue weighted by Crippen LogP contribution is -2.51. The molecule has 0 spiro atoms. The van der Waals surface area contributed by atoms with Crippen molar-refractivity contribution in [2.45, 2.75) is 44.7 Å². The van der Waals surface area contributed by atoms with Gasteiger partial charge in [0.05, 0.1) is 17.7 Å². The van der Waals surface area contributed by atoms with Gasteiger partial charge in [-0.15, -0.1) is 0 Å². The molecule has 9 heteroatoms. The van der Waals surface area contributed by atoms with Crippen molar-refractivity contribution in [3.05, 3.63) is 90.0 Å². The Balaban J connectivity index is 2.02. The highest BCUT2D eigenvalue weighted by molar-refractivity contribution is 7.92. The molecule has 0 aromatic heterocycles. The van der Waals surface area contributed by atoms with Gasteiger partial charge in [-0.3, -0.25) is 13.9 Å². The van der Waals surface area contributed by atoms with Crippen LogP contribution >= 0.6 is 0 Å². The SMILES string of the molecule is CCNC(=O)C(C)N(Cc1cccc(OC)c1)C(=O)CN(c1ccc(CC)cc1)S(=O)(=O)c1ccccc1. The molecule has 202 valence electrons. The molecule has 0 bridgehead atoms. The second kappa shape index (κ2) is 13.1. The Morgan fingerprint density at radius 2 is 1.61 bits per heavy atom. The van der Waals surface area contributed by atoms with E-state index in [1.165, 1.54) is 17.0 Å². The molecule has 3 aromatic carbocycles. The number of nitrogens with zero attached hydrogens (tertiary/aromatic N) is 2. The summed E-state index contributed by atoms with van der Waals surface area (Å²) in [6, 6.07) is 21.5. The van der Waals surface area contributed by atoms with Crippen LogP contribution in [0.1, 0.15) is 31.9 Å². The highest BCUT2D eigenvalue weighted by atomic mass is 32.2. The third kappa shape index (κ3) is 6.92. The Bertz CT molecular complexity index is 1330. The van der Waals surface area contributed by atoms with E-state index in [4.69, 9.17) is 4.74 Å². The van der Waals surface area contributed by atoms with Gasteiger partial charge < -0.3 is 15.0 Å². The Labute approximate surface area is 225 Å². The molecule has 1 unspecified atom stereocenters. The van der Waals surface area contributed by atoms with Gasteiger partial charge >= 0.3 is 0 Å². The monoisotopic (exact) mass is 537 g/mol. The van der Waals surface area contributed by atoms with Crippen molar-refractivity contribution in [1.82, 2.24) is 10.2 Å². The Hall–Kier alpha value is -3.85. The smallest absolute Gasteiger partial charge is 0.264 e. The van der Waals surface area contributed by atoms with E-state index in [2.05, 4.69) is 5.32 Å². The zero-order valence-electron chi connectivity index (χ0n) is 22.3. The molecule has 0 fully saturated rings. The number of aryl methyl sites for hydroxylation is 1. The maximum absolute atomic E-state index is 13.8. The summed E-state index contributed by atoms with van der Waals surface area (Å²) >= 11 is 0. The lowest BCUT2D eigenvalue weighted by atomic mass is 10.1. The van der Waals surface area contributed by atoms with E-state index in [1.54, 1.807) is 69.5 Å². The molecule has 8 nitrogen and oxygen atoms in total. The predicted molar refractivity (Wildman–Crippen MR) is 148 cm³/mol. The number of amides is 2. The summed E-state index contributed by atoms with van der Waals surface area (Å²) in [5.74, 6) is -0.219. The predicted octanol–water partition coefficient (Wildman–Crippen LogP) is 4.01. The minimum Gasteiger partial charge on any atom is -0.497 e. The van der Waals surface area contributed by atoms with Crippen molar-refractivity contribution in [2.75, 3.05) is 24.5 Å². The molecule has 0 aliphatic heterocycles. The Morgan fingerprint density at radius 1 is 0.921 bits per heavy atom. The van der Waals surface area contributed by atoms with Crippen molar-refractivity contribution in [3.8, 4) is 5.75 Å². The van der Waals surface area contributed by atoms with Gasteiger partial charge in [0.2, 0.25) is 11.8 Å². The average Bonchev–Trinajstić information content (AvgIpc) is 2.94. The number of hydrogen-bond acceptors (Lipinski definition) is 5. The molecule has 3 aromatic rings. The van der Waals surface area contributed by atoms with Crippen LogP contribution in [-0.2, 0) is 32.6 Å². The van der Waals surface area contributed by atoms with Crippen LogP contribution in [0.4, 0.5) is 5.69 Å². The number of ether oxygens (including phenoxy) is 1. The lowest BCUT2D eigenvalue weighted by molar-refractivity contribution is -0.139. The van der Waals surface area contributed by atoms with Crippen LogP contribution in [0.3, 0.4) is 0 Å². The van der Waals surface area contributed by atoms with Crippen LogP contribution < -0.4 is 14.4 Å². The van der Waals surface area contributed by atoms with Gasteiger partial charge in [-0.25, -0.2) is 8.42 Å². The highest BCUT2D eigenvalue weighted by Gasteiger charge is 2.32. The maximum Gasteiger partial charge on any atom is 0.264 e. The van der Waals surface area contributed by atoms with Crippen molar-refractivity contribution in [1.29, 1.82) is 0 Å². The summed E-state index contributed by atoms with van der Waals surface area (Å²) in [4.78, 5) is 28.1. The van der Waals surface area contributed by atoms with Gasteiger partial charge in [0.1, 0.15) is 18.3 Å². The molecule has 0 aliphatic rings. The van der Waals surface area contributed by atoms with E-state index in [0.717, 1.165) is 21.9 Å². The van der Waals surface area contributed by atoms with E-state index in [-0.39, 0.29) is 17.3 Å². The quantitative estimate of drug-likeness (QED) is 0.377. The zero-order valence-corrected chi connectivity index (χ0v) is 23.1. The van der Waals surface area contributed by atoms with Gasteiger partial charge in [0, 0.05) is 13.1 Å². The number of hydrogen-bond donors (Lipinski definition) is 1. The van der Waals surface area contributed by atoms with Crippen molar-refractivity contribution >= 4 is 27.5 Å². The summed E-state index contributed by atoms with van der Waals surface area (Å²) in [5.41, 5.74) is 2.16. The number of carbonyl (C=O) groups excluding carboxylic acids is 2. The van der Waals surface area contributed by atoms with Gasteiger partial charge in [-0.2, -0.15) is 0 Å². The fraction of sp³-hybridized carbons (Fsp3) is 0.310. The summed E-state index contributed by atoms with van der Waals surface area (Å²) < 4.78 is 33.9. The normalized spacial score (nSPS) is 11.9. The summed E-state index contributed by atoms with van der Waals surface area (Å²) in [6.45, 7) is 5.47. The minimum atomic E-state index is -4.08. The van der Waals surface area contributed by atoms with Crippen LogP contribution in [-0.4, -0.2) is 51.4 Å². The first-order valence-electron chi connectivity index (χ1n) is 12.6. The fourth-order valence-electron chi connectivity index (χ4n) is 4.02. The topological polar surface area (TPSA) is 96.0 Å². The van der Waals surface area contributed by atoms with E-state index in [0.29, 0.717) is 18.0 Å². The van der Waals surface area contributed by atoms with Crippen LogP contribution in [0.2, 0.25) is 0 Å². The molecule has 3 rings (SSSR count). The number of anilines is 1. The van der Waals surface area contributed by atoms with Crippen LogP contribution in [0.25, 0.3) is 0 Å². The molecule has 2 amide bonds. The molecule has 0 aliphatic carbocycles. The molecular formula is C29H35N3O5S. The largest absolute Gasteiger partial charge is 0.497 e. The summed E-state index contributed by atoms with van der Waals surface area (Å²) in [5, 5.41) is 2.75. The van der Waals surface area contributed by atoms with Gasteiger partial charge in [-0.1, -0.05) is 49.4 Å². The van der Waals surface area contributed by atoms with Gasteiger partial charge in [0.15, 0.2) is 0 Å². The molecule has 0 heterocycles. The second-order valence-electron chi connectivity index (χ2n) is 8.79. The first-order chi connectivity index (χ1) is 18.2.